The number of benzene rings is 1. The van der Waals surface area contributed by atoms with Crippen LogP contribution in [0.2, 0.25) is 0 Å². The molecular weight excluding hydrogens is 259 g/mol. The number of hydrogen-bond donors (Lipinski definition) is 1. The lowest BCUT2D eigenvalue weighted by atomic mass is 10.2. The number of rotatable bonds is 3. The van der Waals surface area contributed by atoms with Gasteiger partial charge in [-0.2, -0.15) is 18.3 Å². The van der Waals surface area contributed by atoms with Gasteiger partial charge < -0.3 is 5.73 Å². The molecule has 0 saturated heterocycles. The predicted octanol–water partition coefficient (Wildman–Crippen LogP) is 2.16. The number of carbonyl (C=O) groups excluding carboxylic acids is 1. The highest BCUT2D eigenvalue weighted by atomic mass is 19.4. The lowest BCUT2D eigenvalue weighted by Gasteiger charge is -2.05. The molecule has 1 aromatic heterocycles. The first-order chi connectivity index (χ1) is 8.95. The van der Waals surface area contributed by atoms with Gasteiger partial charge in [-0.15, -0.1) is 0 Å². The zero-order valence-electron chi connectivity index (χ0n) is 9.69. The smallest absolute Gasteiger partial charge is 0.326 e. The molecule has 0 bridgehead atoms. The van der Waals surface area contributed by atoms with Crippen LogP contribution in [0.15, 0.2) is 30.3 Å². The van der Waals surface area contributed by atoms with Gasteiger partial charge in [0.15, 0.2) is 12.0 Å². The van der Waals surface area contributed by atoms with E-state index in [1.807, 2.05) is 0 Å². The third-order valence-electron chi connectivity index (χ3n) is 2.54. The number of nitrogens with zero attached hydrogens (tertiary/aromatic N) is 2. The van der Waals surface area contributed by atoms with Crippen molar-refractivity contribution in [1.29, 1.82) is 0 Å². The van der Waals surface area contributed by atoms with Gasteiger partial charge in [0.05, 0.1) is 5.69 Å². The Morgan fingerprint density at radius 2 is 2.05 bits per heavy atom. The normalized spacial score (nSPS) is 11.6. The molecule has 0 saturated carbocycles. The molecule has 0 amide bonds. The van der Waals surface area contributed by atoms with E-state index in [9.17, 15) is 18.0 Å². The van der Waals surface area contributed by atoms with Crippen LogP contribution in [0.1, 0.15) is 21.7 Å². The zero-order valence-corrected chi connectivity index (χ0v) is 9.69. The van der Waals surface area contributed by atoms with Crippen molar-refractivity contribution in [3.8, 4) is 5.69 Å². The summed E-state index contributed by atoms with van der Waals surface area (Å²) in [5.41, 5.74) is 5.29. The molecule has 0 unspecified atom stereocenters. The van der Waals surface area contributed by atoms with Crippen LogP contribution < -0.4 is 5.73 Å². The number of aromatic nitrogens is 2. The van der Waals surface area contributed by atoms with E-state index >= 15 is 0 Å². The highest BCUT2D eigenvalue weighted by Gasteiger charge is 2.35. The third-order valence-corrected chi connectivity index (χ3v) is 2.54. The Hall–Kier alpha value is -2.15. The third kappa shape index (κ3) is 2.65. The predicted molar refractivity (Wildman–Crippen MR) is 61.8 cm³/mol. The molecule has 0 fully saturated rings. The minimum atomic E-state index is -4.59. The Balaban J connectivity index is 2.54. The fraction of sp³-hybridized carbons (Fsp3) is 0.167. The van der Waals surface area contributed by atoms with Crippen molar-refractivity contribution in [3.05, 3.63) is 47.3 Å². The summed E-state index contributed by atoms with van der Waals surface area (Å²) in [4.78, 5) is 10.8. The maximum absolute atomic E-state index is 12.6. The van der Waals surface area contributed by atoms with E-state index in [2.05, 4.69) is 5.10 Å². The topological polar surface area (TPSA) is 60.9 Å². The van der Waals surface area contributed by atoms with Gasteiger partial charge in [-0.1, -0.05) is 12.1 Å². The van der Waals surface area contributed by atoms with Crippen LogP contribution in [0.5, 0.6) is 0 Å². The number of nitrogens with two attached hydrogens (primary N) is 1. The van der Waals surface area contributed by atoms with Crippen LogP contribution in [0.3, 0.4) is 0 Å². The van der Waals surface area contributed by atoms with Crippen LogP contribution in [-0.4, -0.2) is 16.1 Å². The fourth-order valence-electron chi connectivity index (χ4n) is 1.64. The Bertz CT molecular complexity index is 605. The summed E-state index contributed by atoms with van der Waals surface area (Å²) in [5.74, 6) is 0. The van der Waals surface area contributed by atoms with Crippen molar-refractivity contribution in [2.24, 2.45) is 5.73 Å². The van der Waals surface area contributed by atoms with Gasteiger partial charge in [-0.25, -0.2) is 4.68 Å². The van der Waals surface area contributed by atoms with Crippen molar-refractivity contribution in [2.75, 3.05) is 0 Å². The van der Waals surface area contributed by atoms with Crippen molar-refractivity contribution in [2.45, 2.75) is 12.7 Å². The molecule has 0 aliphatic heterocycles. The summed E-state index contributed by atoms with van der Waals surface area (Å²) in [6.45, 7) is 0.248. The Morgan fingerprint density at radius 1 is 1.32 bits per heavy atom. The molecule has 1 heterocycles. The lowest BCUT2D eigenvalue weighted by Crippen LogP contribution is -2.08. The maximum atomic E-state index is 12.6. The van der Waals surface area contributed by atoms with Gasteiger partial charge in [0.25, 0.3) is 0 Å². The molecule has 0 radical (unpaired) electrons. The fourth-order valence-corrected chi connectivity index (χ4v) is 1.64. The minimum Gasteiger partial charge on any atom is -0.326 e. The van der Waals surface area contributed by atoms with Gasteiger partial charge in [0, 0.05) is 6.54 Å². The second-order valence-corrected chi connectivity index (χ2v) is 3.86. The highest BCUT2D eigenvalue weighted by Crippen LogP contribution is 2.29. The maximum Gasteiger partial charge on any atom is 0.435 e. The number of aldehydes is 1. The number of halogens is 3. The van der Waals surface area contributed by atoms with Gasteiger partial charge >= 0.3 is 6.18 Å². The van der Waals surface area contributed by atoms with Crippen LogP contribution >= 0.6 is 0 Å². The van der Waals surface area contributed by atoms with Gasteiger partial charge in [-0.3, -0.25) is 4.79 Å². The average Bonchev–Trinajstić information content (AvgIpc) is 2.83. The summed E-state index contributed by atoms with van der Waals surface area (Å²) < 4.78 is 38.7. The summed E-state index contributed by atoms with van der Waals surface area (Å²) in [7, 11) is 0. The molecule has 0 aliphatic carbocycles. The van der Waals surface area contributed by atoms with Gasteiger partial charge in [0.2, 0.25) is 0 Å². The van der Waals surface area contributed by atoms with E-state index < -0.39 is 11.9 Å². The van der Waals surface area contributed by atoms with Crippen molar-refractivity contribution in [1.82, 2.24) is 9.78 Å². The standard InChI is InChI=1S/C12H10F3N3O/c13-12(14,15)11-5-10(7-19)18(17-11)9-3-1-2-8(4-9)6-16/h1-5,7H,6,16H2. The van der Waals surface area contributed by atoms with E-state index in [0.717, 1.165) is 10.2 Å². The summed E-state index contributed by atoms with van der Waals surface area (Å²) >= 11 is 0. The Morgan fingerprint density at radius 3 is 2.63 bits per heavy atom. The number of alkyl halides is 3. The van der Waals surface area contributed by atoms with Crippen molar-refractivity contribution >= 4 is 6.29 Å². The first-order valence-electron chi connectivity index (χ1n) is 5.37. The molecule has 100 valence electrons. The molecule has 0 atom stereocenters. The second-order valence-electron chi connectivity index (χ2n) is 3.86. The largest absolute Gasteiger partial charge is 0.435 e. The van der Waals surface area contributed by atoms with Gasteiger partial charge in [-0.05, 0) is 23.8 Å². The molecule has 2 N–H and O–H groups in total. The zero-order chi connectivity index (χ0) is 14.0. The highest BCUT2D eigenvalue weighted by molar-refractivity contribution is 5.73. The molecule has 2 aromatic rings. The summed E-state index contributed by atoms with van der Waals surface area (Å²) in [5, 5.41) is 3.42. The quantitative estimate of drug-likeness (QED) is 0.868. The van der Waals surface area contributed by atoms with Crippen molar-refractivity contribution < 1.29 is 18.0 Å². The summed E-state index contributed by atoms with van der Waals surface area (Å²) in [6, 6.07) is 7.22. The molecule has 2 rings (SSSR count). The first-order valence-corrected chi connectivity index (χ1v) is 5.37. The van der Waals surface area contributed by atoms with Crippen molar-refractivity contribution in [3.63, 3.8) is 0 Å². The van der Waals surface area contributed by atoms with Crippen LogP contribution in [-0.2, 0) is 12.7 Å². The molecule has 0 spiro atoms. The van der Waals surface area contributed by atoms with Crippen LogP contribution in [0.25, 0.3) is 5.69 Å². The monoisotopic (exact) mass is 269 g/mol. The lowest BCUT2D eigenvalue weighted by molar-refractivity contribution is -0.141. The van der Waals surface area contributed by atoms with E-state index in [4.69, 9.17) is 5.73 Å². The molecule has 0 aliphatic rings. The first kappa shape index (κ1) is 13.3. The average molecular weight is 269 g/mol. The van der Waals surface area contributed by atoms with E-state index in [-0.39, 0.29) is 12.2 Å². The molecule has 4 nitrogen and oxygen atoms in total. The summed E-state index contributed by atoms with van der Waals surface area (Å²) in [6.07, 6.45) is -4.26. The van der Waals surface area contributed by atoms with Gasteiger partial charge in [0.1, 0.15) is 5.69 Å². The van der Waals surface area contributed by atoms with E-state index in [1.165, 1.54) is 0 Å². The molecular formula is C12H10F3N3O. The van der Waals surface area contributed by atoms with E-state index in [1.54, 1.807) is 24.3 Å². The molecule has 19 heavy (non-hydrogen) atoms. The number of hydrogen-bond acceptors (Lipinski definition) is 3. The molecule has 1 aromatic carbocycles. The van der Waals surface area contributed by atoms with Crippen LogP contribution in [0.4, 0.5) is 13.2 Å². The molecule has 7 heteroatoms. The van der Waals surface area contributed by atoms with Crippen LogP contribution in [0, 0.1) is 0 Å². The SMILES string of the molecule is NCc1cccc(-n2nc(C(F)(F)F)cc2C=O)c1. The Labute approximate surface area is 106 Å². The minimum absolute atomic E-state index is 0.165. The second kappa shape index (κ2) is 4.85. The number of carbonyl (C=O) groups is 1. The van der Waals surface area contributed by atoms with E-state index in [0.29, 0.717) is 18.0 Å². The Kier molecular flexibility index (Phi) is 3.39.